The molecule has 0 aromatic heterocycles. The standard InChI is InChI=1S/C12H10F7O/c13-10(14,11(15,16)12(17,18)19)9-5-3-8(4-6-9)2-1-7-20/h3-6H,1-2,7H2. The molecule has 1 rings (SSSR count). The average Bonchev–Trinajstić information content (AvgIpc) is 2.35. The Balaban J connectivity index is 3.04. The lowest BCUT2D eigenvalue weighted by Crippen LogP contribution is -2.50. The van der Waals surface area contributed by atoms with Crippen LogP contribution in [0.3, 0.4) is 0 Å². The van der Waals surface area contributed by atoms with Gasteiger partial charge in [-0.05, 0) is 18.4 Å². The molecule has 1 nitrogen and oxygen atoms in total. The Labute approximate surface area is 110 Å². The third kappa shape index (κ3) is 3.05. The van der Waals surface area contributed by atoms with E-state index in [0.29, 0.717) is 17.7 Å². The van der Waals surface area contributed by atoms with Crippen molar-refractivity contribution in [2.75, 3.05) is 6.61 Å². The van der Waals surface area contributed by atoms with Crippen LogP contribution in [0.2, 0.25) is 0 Å². The van der Waals surface area contributed by atoms with Gasteiger partial charge in [-0.2, -0.15) is 30.7 Å². The first-order valence-corrected chi connectivity index (χ1v) is 5.54. The van der Waals surface area contributed by atoms with Gasteiger partial charge in [-0.3, -0.25) is 0 Å². The van der Waals surface area contributed by atoms with Gasteiger partial charge in [0.15, 0.2) is 0 Å². The molecule has 0 heterocycles. The molecular formula is C12H10F7O. The van der Waals surface area contributed by atoms with E-state index in [4.69, 9.17) is 0 Å². The van der Waals surface area contributed by atoms with Crippen molar-refractivity contribution >= 4 is 0 Å². The van der Waals surface area contributed by atoms with Gasteiger partial charge in [-0.1, -0.05) is 24.3 Å². The summed E-state index contributed by atoms with van der Waals surface area (Å²) in [7, 11) is 0. The molecule has 20 heavy (non-hydrogen) atoms. The molecular weight excluding hydrogens is 293 g/mol. The molecule has 1 radical (unpaired) electrons. The van der Waals surface area contributed by atoms with Crippen LogP contribution in [-0.4, -0.2) is 18.7 Å². The van der Waals surface area contributed by atoms with Gasteiger partial charge in [0.2, 0.25) is 0 Å². The molecule has 0 spiro atoms. The van der Waals surface area contributed by atoms with Crippen molar-refractivity contribution in [1.29, 1.82) is 0 Å². The summed E-state index contributed by atoms with van der Waals surface area (Å²) >= 11 is 0. The number of benzene rings is 1. The highest BCUT2D eigenvalue weighted by Crippen LogP contribution is 2.51. The molecule has 113 valence electrons. The summed E-state index contributed by atoms with van der Waals surface area (Å²) in [6.07, 6.45) is -5.89. The molecule has 0 fully saturated rings. The second kappa shape index (κ2) is 5.59. The zero-order valence-electron chi connectivity index (χ0n) is 9.98. The molecule has 1 aromatic carbocycles. The van der Waals surface area contributed by atoms with Crippen molar-refractivity contribution in [3.63, 3.8) is 0 Å². The largest absolute Gasteiger partial charge is 0.460 e. The summed E-state index contributed by atoms with van der Waals surface area (Å²) in [5, 5.41) is 10.2. The van der Waals surface area contributed by atoms with Crippen LogP contribution in [0.25, 0.3) is 0 Å². The molecule has 0 N–H and O–H groups in total. The van der Waals surface area contributed by atoms with Gasteiger partial charge in [0.25, 0.3) is 0 Å². The van der Waals surface area contributed by atoms with Crippen LogP contribution >= 0.6 is 0 Å². The zero-order valence-corrected chi connectivity index (χ0v) is 9.98. The average molecular weight is 303 g/mol. The van der Waals surface area contributed by atoms with E-state index in [1.54, 1.807) is 0 Å². The van der Waals surface area contributed by atoms with E-state index in [9.17, 15) is 35.8 Å². The van der Waals surface area contributed by atoms with Gasteiger partial charge in [-0.15, -0.1) is 0 Å². The van der Waals surface area contributed by atoms with E-state index in [-0.39, 0.29) is 12.8 Å². The Hall–Kier alpha value is -1.31. The molecule has 0 aliphatic carbocycles. The van der Waals surface area contributed by atoms with Crippen molar-refractivity contribution in [1.82, 2.24) is 0 Å². The van der Waals surface area contributed by atoms with Gasteiger partial charge in [0.05, 0.1) is 6.61 Å². The molecule has 0 unspecified atom stereocenters. The van der Waals surface area contributed by atoms with Crippen molar-refractivity contribution in [3.05, 3.63) is 35.4 Å². The summed E-state index contributed by atoms with van der Waals surface area (Å²) in [4.78, 5) is 0. The molecule has 0 aliphatic rings. The molecule has 0 saturated heterocycles. The number of alkyl halides is 7. The Morgan fingerprint density at radius 2 is 1.35 bits per heavy atom. The van der Waals surface area contributed by atoms with Gasteiger partial charge in [0, 0.05) is 5.56 Å². The van der Waals surface area contributed by atoms with Crippen LogP contribution in [0, 0.1) is 0 Å². The maximum atomic E-state index is 13.3. The van der Waals surface area contributed by atoms with Crippen LogP contribution in [-0.2, 0) is 17.4 Å². The summed E-state index contributed by atoms with van der Waals surface area (Å²) in [5.74, 6) is -11.5. The first kappa shape index (κ1) is 16.7. The molecule has 0 saturated carbocycles. The van der Waals surface area contributed by atoms with Gasteiger partial charge >= 0.3 is 18.0 Å². The first-order chi connectivity index (χ1) is 9.04. The summed E-state index contributed by atoms with van der Waals surface area (Å²) < 4.78 is 88.1. The van der Waals surface area contributed by atoms with E-state index in [0.717, 1.165) is 12.1 Å². The lowest BCUT2D eigenvalue weighted by atomic mass is 9.99. The molecule has 8 heteroatoms. The van der Waals surface area contributed by atoms with Gasteiger partial charge in [0.1, 0.15) is 0 Å². The van der Waals surface area contributed by atoms with E-state index >= 15 is 0 Å². The second-order valence-corrected chi connectivity index (χ2v) is 4.15. The fourth-order valence-electron chi connectivity index (χ4n) is 1.52. The van der Waals surface area contributed by atoms with Crippen LogP contribution in [0.4, 0.5) is 30.7 Å². The van der Waals surface area contributed by atoms with Crippen LogP contribution < -0.4 is 0 Å². The van der Waals surface area contributed by atoms with Gasteiger partial charge < -0.3 is 0 Å². The maximum Gasteiger partial charge on any atom is 0.460 e. The fraction of sp³-hybridized carbons (Fsp3) is 0.500. The third-order valence-electron chi connectivity index (χ3n) is 2.68. The second-order valence-electron chi connectivity index (χ2n) is 4.15. The molecule has 0 atom stereocenters. The molecule has 1 aromatic rings. The van der Waals surface area contributed by atoms with Crippen molar-refractivity contribution in [3.8, 4) is 0 Å². The Morgan fingerprint density at radius 1 is 0.850 bits per heavy atom. The lowest BCUT2D eigenvalue weighted by Gasteiger charge is -2.28. The van der Waals surface area contributed by atoms with Crippen molar-refractivity contribution in [2.24, 2.45) is 0 Å². The number of hydrogen-bond donors (Lipinski definition) is 0. The fourth-order valence-corrected chi connectivity index (χ4v) is 1.52. The quantitative estimate of drug-likeness (QED) is 0.721. The number of rotatable bonds is 5. The Kier molecular flexibility index (Phi) is 4.68. The maximum absolute atomic E-state index is 13.3. The smallest absolute Gasteiger partial charge is 0.237 e. The highest BCUT2D eigenvalue weighted by Gasteiger charge is 2.73. The van der Waals surface area contributed by atoms with Crippen molar-refractivity contribution in [2.45, 2.75) is 30.9 Å². The minimum atomic E-state index is -6.35. The predicted octanol–water partition coefficient (Wildman–Crippen LogP) is 4.34. The van der Waals surface area contributed by atoms with Crippen LogP contribution in [0.5, 0.6) is 0 Å². The van der Waals surface area contributed by atoms with Crippen molar-refractivity contribution < 1.29 is 35.8 Å². The molecule has 0 amide bonds. The number of halogens is 7. The van der Waals surface area contributed by atoms with Crippen LogP contribution in [0.15, 0.2) is 24.3 Å². The number of hydrogen-bond acceptors (Lipinski definition) is 0. The Bertz CT molecular complexity index is 436. The van der Waals surface area contributed by atoms with E-state index < -0.39 is 30.2 Å². The molecule has 0 bridgehead atoms. The minimum Gasteiger partial charge on any atom is -0.237 e. The lowest BCUT2D eigenvalue weighted by molar-refractivity contribution is -0.359. The minimum absolute atomic E-state index is 0.217. The molecule has 0 aliphatic heterocycles. The summed E-state index contributed by atoms with van der Waals surface area (Å²) in [5.41, 5.74) is -1.01. The van der Waals surface area contributed by atoms with Gasteiger partial charge in [-0.25, -0.2) is 5.11 Å². The SMILES string of the molecule is [O]CCCc1ccc(C(F)(F)C(F)(F)C(F)(F)F)cc1. The monoisotopic (exact) mass is 303 g/mol. The predicted molar refractivity (Wildman–Crippen MR) is 55.2 cm³/mol. The zero-order chi connectivity index (χ0) is 15.6. The van der Waals surface area contributed by atoms with E-state index in [2.05, 4.69) is 0 Å². The number of aryl methyl sites for hydroxylation is 1. The normalized spacial score (nSPS) is 13.6. The topological polar surface area (TPSA) is 19.9 Å². The third-order valence-corrected chi connectivity index (χ3v) is 2.68. The first-order valence-electron chi connectivity index (χ1n) is 5.54. The summed E-state index contributed by atoms with van der Waals surface area (Å²) in [6, 6.07) is 3.04. The Morgan fingerprint density at radius 3 is 1.75 bits per heavy atom. The highest BCUT2D eigenvalue weighted by molar-refractivity contribution is 5.28. The van der Waals surface area contributed by atoms with Crippen LogP contribution in [0.1, 0.15) is 17.5 Å². The van der Waals surface area contributed by atoms with E-state index in [1.165, 1.54) is 0 Å². The van der Waals surface area contributed by atoms with E-state index in [1.807, 2.05) is 0 Å². The highest BCUT2D eigenvalue weighted by atomic mass is 19.4. The summed E-state index contributed by atoms with van der Waals surface area (Å²) in [6.45, 7) is -0.399.